The molecule has 1 saturated heterocycles. The predicted molar refractivity (Wildman–Crippen MR) is 131 cm³/mol. The lowest BCUT2D eigenvalue weighted by molar-refractivity contribution is -0.136. The lowest BCUT2D eigenvalue weighted by Gasteiger charge is -2.31. The standard InChI is InChI=1S/C24H32FN7O4/c1-3-21(33)30-19(24(36)31-11-9-26-10-12-31)14-16-5-6-18(17(25)13-16)29-22(34)15-27-23(35)20-7-8-28-32(20)4-2/h5-8,13,19,26H,3-4,9-12,14-15H2,1-2H3,(H,27,35)(H,29,34)(H,30,33). The van der Waals surface area contributed by atoms with E-state index >= 15 is 0 Å². The van der Waals surface area contributed by atoms with Gasteiger partial charge in [0.15, 0.2) is 0 Å². The van der Waals surface area contributed by atoms with Crippen molar-refractivity contribution in [2.24, 2.45) is 0 Å². The first-order chi connectivity index (χ1) is 17.3. The molecule has 4 N–H and O–H groups in total. The van der Waals surface area contributed by atoms with Crippen molar-refractivity contribution in [2.45, 2.75) is 39.3 Å². The van der Waals surface area contributed by atoms with Crippen molar-refractivity contribution in [1.29, 1.82) is 0 Å². The van der Waals surface area contributed by atoms with Gasteiger partial charge in [-0.2, -0.15) is 5.10 Å². The number of carbonyl (C=O) groups is 4. The van der Waals surface area contributed by atoms with Crippen molar-refractivity contribution in [3.05, 3.63) is 47.5 Å². The minimum atomic E-state index is -0.817. The average molecular weight is 502 g/mol. The van der Waals surface area contributed by atoms with Crippen LogP contribution in [0.3, 0.4) is 0 Å². The minimum absolute atomic E-state index is 0.0563. The fourth-order valence-corrected chi connectivity index (χ4v) is 3.85. The highest BCUT2D eigenvalue weighted by atomic mass is 19.1. The van der Waals surface area contributed by atoms with Gasteiger partial charge in [0.25, 0.3) is 5.91 Å². The van der Waals surface area contributed by atoms with Crippen molar-refractivity contribution in [3.8, 4) is 0 Å². The summed E-state index contributed by atoms with van der Waals surface area (Å²) in [4.78, 5) is 51.2. The highest BCUT2D eigenvalue weighted by Gasteiger charge is 2.27. The maximum Gasteiger partial charge on any atom is 0.269 e. The Morgan fingerprint density at radius 2 is 1.86 bits per heavy atom. The highest BCUT2D eigenvalue weighted by Crippen LogP contribution is 2.18. The van der Waals surface area contributed by atoms with Gasteiger partial charge in [0.2, 0.25) is 17.7 Å². The number of anilines is 1. The van der Waals surface area contributed by atoms with Crippen molar-refractivity contribution in [3.63, 3.8) is 0 Å². The Hall–Kier alpha value is -3.80. The quantitative estimate of drug-likeness (QED) is 0.369. The van der Waals surface area contributed by atoms with E-state index < -0.39 is 23.7 Å². The van der Waals surface area contributed by atoms with Gasteiger partial charge in [-0.05, 0) is 30.7 Å². The number of carbonyl (C=O) groups excluding carboxylic acids is 4. The Labute approximate surface area is 208 Å². The summed E-state index contributed by atoms with van der Waals surface area (Å²) in [5.41, 5.74) is 0.761. The molecule has 2 heterocycles. The summed E-state index contributed by atoms with van der Waals surface area (Å²) in [5.74, 6) is -2.23. The number of hydrogen-bond acceptors (Lipinski definition) is 6. The van der Waals surface area contributed by atoms with Gasteiger partial charge in [0, 0.05) is 51.8 Å². The van der Waals surface area contributed by atoms with Crippen molar-refractivity contribution in [1.82, 2.24) is 30.6 Å². The number of aryl methyl sites for hydroxylation is 1. The Bertz CT molecular complexity index is 1100. The molecular weight excluding hydrogens is 469 g/mol. The zero-order valence-corrected chi connectivity index (χ0v) is 20.5. The topological polar surface area (TPSA) is 137 Å². The molecule has 0 saturated carbocycles. The molecule has 1 fully saturated rings. The zero-order valence-electron chi connectivity index (χ0n) is 20.5. The monoisotopic (exact) mass is 501 g/mol. The molecule has 1 unspecified atom stereocenters. The molecule has 12 heteroatoms. The van der Waals surface area contributed by atoms with Gasteiger partial charge < -0.3 is 26.2 Å². The fourth-order valence-electron chi connectivity index (χ4n) is 3.85. The lowest BCUT2D eigenvalue weighted by Crippen LogP contribution is -2.54. The van der Waals surface area contributed by atoms with Crippen LogP contribution >= 0.6 is 0 Å². The molecule has 1 aromatic heterocycles. The second-order valence-electron chi connectivity index (χ2n) is 8.33. The van der Waals surface area contributed by atoms with E-state index in [2.05, 4.69) is 26.4 Å². The fraction of sp³-hybridized carbons (Fsp3) is 0.458. The lowest BCUT2D eigenvalue weighted by atomic mass is 10.0. The van der Waals surface area contributed by atoms with Crippen LogP contribution in [-0.2, 0) is 27.3 Å². The number of nitrogens with one attached hydrogen (secondary N) is 4. The first kappa shape index (κ1) is 26.8. The van der Waals surface area contributed by atoms with Crippen molar-refractivity contribution < 1.29 is 23.6 Å². The zero-order chi connectivity index (χ0) is 26.1. The molecule has 194 valence electrons. The molecule has 0 radical (unpaired) electrons. The number of nitrogens with zero attached hydrogens (tertiary/aromatic N) is 3. The summed E-state index contributed by atoms with van der Waals surface area (Å²) in [5, 5.41) is 14.8. The highest BCUT2D eigenvalue weighted by molar-refractivity contribution is 5.98. The van der Waals surface area contributed by atoms with Gasteiger partial charge in [-0.1, -0.05) is 13.0 Å². The summed E-state index contributed by atoms with van der Waals surface area (Å²) in [6, 6.07) is 4.93. The largest absolute Gasteiger partial charge is 0.344 e. The van der Waals surface area contributed by atoms with Gasteiger partial charge in [-0.25, -0.2) is 4.39 Å². The Kier molecular flexibility index (Phi) is 9.51. The van der Waals surface area contributed by atoms with Crippen LogP contribution < -0.4 is 21.3 Å². The predicted octanol–water partition coefficient (Wildman–Crippen LogP) is 0.280. The average Bonchev–Trinajstić information content (AvgIpc) is 3.37. The first-order valence-corrected chi connectivity index (χ1v) is 12.0. The molecular formula is C24H32FN7O4. The molecule has 1 aliphatic heterocycles. The van der Waals surface area contributed by atoms with E-state index in [0.29, 0.717) is 44.0 Å². The van der Waals surface area contributed by atoms with Gasteiger partial charge >= 0.3 is 0 Å². The number of hydrogen-bond donors (Lipinski definition) is 4. The van der Waals surface area contributed by atoms with E-state index in [0.717, 1.165) is 0 Å². The smallest absolute Gasteiger partial charge is 0.269 e. The van der Waals surface area contributed by atoms with Crippen molar-refractivity contribution in [2.75, 3.05) is 38.0 Å². The molecule has 36 heavy (non-hydrogen) atoms. The van der Waals surface area contributed by atoms with Gasteiger partial charge in [-0.3, -0.25) is 23.9 Å². The summed E-state index contributed by atoms with van der Waals surface area (Å²) in [7, 11) is 0. The molecule has 1 aliphatic rings. The molecule has 11 nitrogen and oxygen atoms in total. The minimum Gasteiger partial charge on any atom is -0.344 e. The second-order valence-corrected chi connectivity index (χ2v) is 8.33. The van der Waals surface area contributed by atoms with Crippen LogP contribution in [0, 0.1) is 5.82 Å². The maximum atomic E-state index is 14.8. The second kappa shape index (κ2) is 12.8. The third-order valence-electron chi connectivity index (χ3n) is 5.79. The number of benzene rings is 1. The maximum absolute atomic E-state index is 14.8. The van der Waals surface area contributed by atoms with Crippen LogP contribution in [0.5, 0.6) is 0 Å². The van der Waals surface area contributed by atoms with Crippen LogP contribution in [0.15, 0.2) is 30.5 Å². The summed E-state index contributed by atoms with van der Waals surface area (Å²) in [6.45, 7) is 6.10. The molecule has 0 bridgehead atoms. The Balaban J connectivity index is 1.60. The van der Waals surface area contributed by atoms with Crippen LogP contribution in [-0.4, -0.2) is 77.1 Å². The van der Waals surface area contributed by atoms with E-state index in [9.17, 15) is 23.6 Å². The number of amides is 4. The molecule has 1 atom stereocenters. The molecule has 1 aromatic carbocycles. The summed E-state index contributed by atoms with van der Waals surface area (Å²) >= 11 is 0. The van der Waals surface area contributed by atoms with Crippen LogP contribution in [0.25, 0.3) is 0 Å². The van der Waals surface area contributed by atoms with E-state index in [1.54, 1.807) is 17.9 Å². The summed E-state index contributed by atoms with van der Waals surface area (Å²) in [6.07, 6.45) is 1.83. The van der Waals surface area contributed by atoms with Gasteiger partial charge in [0.05, 0.1) is 12.2 Å². The molecule has 4 amide bonds. The Morgan fingerprint density at radius 1 is 1.11 bits per heavy atom. The third-order valence-corrected chi connectivity index (χ3v) is 5.79. The van der Waals surface area contributed by atoms with E-state index in [1.165, 1.54) is 29.1 Å². The van der Waals surface area contributed by atoms with Gasteiger partial charge in [0.1, 0.15) is 17.6 Å². The Morgan fingerprint density at radius 3 is 2.53 bits per heavy atom. The van der Waals surface area contributed by atoms with E-state index in [4.69, 9.17) is 0 Å². The number of halogens is 1. The van der Waals surface area contributed by atoms with Crippen LogP contribution in [0.1, 0.15) is 36.3 Å². The van der Waals surface area contributed by atoms with Crippen LogP contribution in [0.4, 0.5) is 10.1 Å². The molecule has 2 aromatic rings. The molecule has 0 aliphatic carbocycles. The molecule has 3 rings (SSSR count). The number of rotatable bonds is 10. The van der Waals surface area contributed by atoms with E-state index in [-0.39, 0.29) is 36.9 Å². The summed E-state index contributed by atoms with van der Waals surface area (Å²) < 4.78 is 16.3. The first-order valence-electron chi connectivity index (χ1n) is 12.0. The van der Waals surface area contributed by atoms with Gasteiger partial charge in [-0.15, -0.1) is 0 Å². The van der Waals surface area contributed by atoms with Crippen molar-refractivity contribution >= 4 is 29.3 Å². The number of piperazine rings is 1. The normalized spacial score (nSPS) is 14.1. The number of aromatic nitrogens is 2. The molecule has 0 spiro atoms. The van der Waals surface area contributed by atoms with Crippen LogP contribution in [0.2, 0.25) is 0 Å². The van der Waals surface area contributed by atoms with E-state index in [1.807, 2.05) is 6.92 Å². The third kappa shape index (κ3) is 7.11. The SMILES string of the molecule is CCC(=O)NC(Cc1ccc(NC(=O)CNC(=O)c2ccnn2CC)c(F)c1)C(=O)N1CCNCC1.